The molecular formula is C16H23N3O2. The minimum Gasteiger partial charge on any atom is -0.494 e. The van der Waals surface area contributed by atoms with E-state index in [4.69, 9.17) is 9.47 Å². The van der Waals surface area contributed by atoms with E-state index in [0.29, 0.717) is 19.1 Å². The summed E-state index contributed by atoms with van der Waals surface area (Å²) in [5, 5.41) is 7.97. The number of benzene rings is 1. The van der Waals surface area contributed by atoms with Crippen LogP contribution in [0, 0.1) is 5.92 Å². The molecule has 3 rings (SSSR count). The van der Waals surface area contributed by atoms with Crippen molar-refractivity contribution in [1.29, 1.82) is 0 Å². The second kappa shape index (κ2) is 6.35. The molecular weight excluding hydrogens is 266 g/mol. The molecule has 0 radical (unpaired) electrons. The maximum absolute atomic E-state index is 5.82. The highest BCUT2D eigenvalue weighted by Gasteiger charge is 2.35. The van der Waals surface area contributed by atoms with Crippen molar-refractivity contribution < 1.29 is 9.47 Å². The van der Waals surface area contributed by atoms with Gasteiger partial charge in [-0.25, -0.2) is 0 Å². The summed E-state index contributed by atoms with van der Waals surface area (Å²) in [5.41, 5.74) is 5.73. The fourth-order valence-electron chi connectivity index (χ4n) is 3.06. The van der Waals surface area contributed by atoms with Crippen LogP contribution < -0.4 is 20.2 Å². The molecule has 2 unspecified atom stereocenters. The number of nitrogens with one attached hydrogen (secondary N) is 2. The van der Waals surface area contributed by atoms with Gasteiger partial charge in [0.2, 0.25) is 0 Å². The Hall–Kier alpha value is -1.75. The SMILES string of the molecule is CCOc1ccc(C2NN=C3CCNCC32)c(OCC)c1. The Morgan fingerprint density at radius 3 is 2.90 bits per heavy atom. The summed E-state index contributed by atoms with van der Waals surface area (Å²) >= 11 is 0. The zero-order valence-electron chi connectivity index (χ0n) is 12.7. The van der Waals surface area contributed by atoms with E-state index in [1.165, 1.54) is 5.71 Å². The molecule has 1 saturated heterocycles. The van der Waals surface area contributed by atoms with Crippen LogP contribution in [0.1, 0.15) is 31.9 Å². The normalized spacial score (nSPS) is 24.0. The third-order valence-electron chi connectivity index (χ3n) is 4.03. The van der Waals surface area contributed by atoms with Crippen LogP contribution in [0.2, 0.25) is 0 Å². The van der Waals surface area contributed by atoms with E-state index in [-0.39, 0.29) is 6.04 Å². The number of hydrogen-bond acceptors (Lipinski definition) is 5. The summed E-state index contributed by atoms with van der Waals surface area (Å²) in [7, 11) is 0. The molecule has 1 aromatic rings. The average Bonchev–Trinajstić information content (AvgIpc) is 2.92. The lowest BCUT2D eigenvalue weighted by molar-refractivity contribution is 0.315. The van der Waals surface area contributed by atoms with Gasteiger partial charge in [-0.05, 0) is 26.0 Å². The van der Waals surface area contributed by atoms with Crippen LogP contribution in [0.3, 0.4) is 0 Å². The molecule has 0 bridgehead atoms. The van der Waals surface area contributed by atoms with Crippen LogP contribution >= 0.6 is 0 Å². The van der Waals surface area contributed by atoms with Gasteiger partial charge in [0.1, 0.15) is 11.5 Å². The molecule has 5 heteroatoms. The van der Waals surface area contributed by atoms with Gasteiger partial charge in [0, 0.05) is 42.8 Å². The zero-order valence-corrected chi connectivity index (χ0v) is 12.7. The number of ether oxygens (including phenoxy) is 2. The first-order valence-electron chi connectivity index (χ1n) is 7.75. The smallest absolute Gasteiger partial charge is 0.128 e. The average molecular weight is 289 g/mol. The van der Waals surface area contributed by atoms with Gasteiger partial charge < -0.3 is 20.2 Å². The fourth-order valence-corrected chi connectivity index (χ4v) is 3.06. The molecule has 2 heterocycles. The summed E-state index contributed by atoms with van der Waals surface area (Å²) in [4.78, 5) is 0. The second-order valence-electron chi connectivity index (χ2n) is 5.34. The summed E-state index contributed by atoms with van der Waals surface area (Å²) in [6.45, 7) is 7.28. The van der Waals surface area contributed by atoms with Crippen LogP contribution in [0.4, 0.5) is 0 Å². The maximum atomic E-state index is 5.82. The lowest BCUT2D eigenvalue weighted by Crippen LogP contribution is -2.38. The lowest BCUT2D eigenvalue weighted by Gasteiger charge is -2.26. The monoisotopic (exact) mass is 289 g/mol. The largest absolute Gasteiger partial charge is 0.494 e. The molecule has 2 aliphatic rings. The molecule has 2 N–H and O–H groups in total. The molecule has 0 aromatic heterocycles. The number of rotatable bonds is 5. The van der Waals surface area contributed by atoms with Crippen molar-refractivity contribution in [2.75, 3.05) is 26.3 Å². The van der Waals surface area contributed by atoms with Gasteiger partial charge in [-0.15, -0.1) is 0 Å². The predicted molar refractivity (Wildman–Crippen MR) is 83.1 cm³/mol. The van der Waals surface area contributed by atoms with E-state index in [9.17, 15) is 0 Å². The van der Waals surface area contributed by atoms with Crippen LogP contribution in [0.15, 0.2) is 23.3 Å². The molecule has 114 valence electrons. The number of hydrazone groups is 1. The number of fused-ring (bicyclic) bond motifs is 1. The van der Waals surface area contributed by atoms with Gasteiger partial charge in [-0.3, -0.25) is 0 Å². The maximum Gasteiger partial charge on any atom is 0.128 e. The first kappa shape index (κ1) is 14.2. The van der Waals surface area contributed by atoms with Crippen molar-refractivity contribution in [2.24, 2.45) is 11.0 Å². The molecule has 5 nitrogen and oxygen atoms in total. The fraction of sp³-hybridized carbons (Fsp3) is 0.562. The Labute approximate surface area is 125 Å². The summed E-state index contributed by atoms with van der Waals surface area (Å²) in [5.74, 6) is 2.16. The minimum absolute atomic E-state index is 0.185. The summed E-state index contributed by atoms with van der Waals surface area (Å²) in [6, 6.07) is 6.28. The number of piperidine rings is 1. The van der Waals surface area contributed by atoms with Crippen LogP contribution in [-0.2, 0) is 0 Å². The van der Waals surface area contributed by atoms with E-state index in [2.05, 4.69) is 21.9 Å². The Balaban J connectivity index is 1.87. The van der Waals surface area contributed by atoms with Crippen LogP contribution in [-0.4, -0.2) is 32.0 Å². The molecule has 0 aliphatic carbocycles. The van der Waals surface area contributed by atoms with Gasteiger partial charge in [0.05, 0.1) is 19.3 Å². The van der Waals surface area contributed by atoms with E-state index >= 15 is 0 Å². The standard InChI is InChI=1S/C16H23N3O2/c1-3-20-11-5-6-12(15(9-11)21-4-2)16-13-10-17-8-7-14(13)18-19-16/h5-6,9,13,16-17,19H,3-4,7-8,10H2,1-2H3. The third kappa shape index (κ3) is 2.83. The number of hydrogen-bond donors (Lipinski definition) is 2. The van der Waals surface area contributed by atoms with Crippen LogP contribution in [0.25, 0.3) is 0 Å². The highest BCUT2D eigenvalue weighted by atomic mass is 16.5. The van der Waals surface area contributed by atoms with Crippen molar-refractivity contribution in [3.05, 3.63) is 23.8 Å². The van der Waals surface area contributed by atoms with Crippen molar-refractivity contribution in [3.8, 4) is 11.5 Å². The van der Waals surface area contributed by atoms with Crippen molar-refractivity contribution in [3.63, 3.8) is 0 Å². The van der Waals surface area contributed by atoms with E-state index in [1.807, 2.05) is 26.0 Å². The Kier molecular flexibility index (Phi) is 4.29. The first-order valence-corrected chi connectivity index (χ1v) is 7.75. The van der Waals surface area contributed by atoms with Crippen molar-refractivity contribution in [1.82, 2.24) is 10.7 Å². The minimum atomic E-state index is 0.185. The first-order chi connectivity index (χ1) is 10.3. The van der Waals surface area contributed by atoms with Gasteiger partial charge in [-0.1, -0.05) is 0 Å². The molecule has 21 heavy (non-hydrogen) atoms. The molecule has 1 aromatic carbocycles. The van der Waals surface area contributed by atoms with E-state index in [0.717, 1.165) is 36.6 Å². The predicted octanol–water partition coefficient (Wildman–Crippen LogP) is 2.09. The Morgan fingerprint density at radius 1 is 1.24 bits per heavy atom. The molecule has 2 aliphatic heterocycles. The third-order valence-corrected chi connectivity index (χ3v) is 4.03. The molecule has 2 atom stereocenters. The van der Waals surface area contributed by atoms with E-state index < -0.39 is 0 Å². The summed E-state index contributed by atoms with van der Waals surface area (Å²) < 4.78 is 11.4. The van der Waals surface area contributed by atoms with Gasteiger partial charge >= 0.3 is 0 Å². The topological polar surface area (TPSA) is 54.9 Å². The Morgan fingerprint density at radius 2 is 2.10 bits per heavy atom. The molecule has 0 spiro atoms. The highest BCUT2D eigenvalue weighted by Crippen LogP contribution is 2.37. The summed E-state index contributed by atoms with van der Waals surface area (Å²) in [6.07, 6.45) is 1.02. The molecule has 0 saturated carbocycles. The zero-order chi connectivity index (χ0) is 14.7. The Bertz CT molecular complexity index is 530. The second-order valence-corrected chi connectivity index (χ2v) is 5.34. The van der Waals surface area contributed by atoms with Gasteiger partial charge in [0.25, 0.3) is 0 Å². The van der Waals surface area contributed by atoms with E-state index in [1.54, 1.807) is 0 Å². The highest BCUT2D eigenvalue weighted by molar-refractivity contribution is 5.90. The van der Waals surface area contributed by atoms with Gasteiger partial charge in [0.15, 0.2) is 0 Å². The lowest BCUT2D eigenvalue weighted by atomic mass is 9.87. The molecule has 0 amide bonds. The van der Waals surface area contributed by atoms with Crippen LogP contribution in [0.5, 0.6) is 11.5 Å². The quantitative estimate of drug-likeness (QED) is 0.871. The van der Waals surface area contributed by atoms with Gasteiger partial charge in [-0.2, -0.15) is 5.10 Å². The number of nitrogens with zero attached hydrogens (tertiary/aromatic N) is 1. The molecule has 1 fully saturated rings. The van der Waals surface area contributed by atoms with Crippen molar-refractivity contribution >= 4 is 5.71 Å². The van der Waals surface area contributed by atoms with Crippen molar-refractivity contribution in [2.45, 2.75) is 26.3 Å².